The van der Waals surface area contributed by atoms with Crippen LogP contribution in [0, 0.1) is 5.92 Å². The third-order valence-corrected chi connectivity index (χ3v) is 7.72. The summed E-state index contributed by atoms with van der Waals surface area (Å²) in [4.78, 5) is 15.0. The second kappa shape index (κ2) is 9.54. The lowest BCUT2D eigenvalue weighted by atomic mass is 9.83. The number of ether oxygens (including phenoxy) is 1. The van der Waals surface area contributed by atoms with Crippen LogP contribution in [-0.2, 0) is 10.3 Å². The van der Waals surface area contributed by atoms with Crippen LogP contribution in [0.25, 0.3) is 11.0 Å². The van der Waals surface area contributed by atoms with E-state index in [1.807, 2.05) is 18.2 Å². The van der Waals surface area contributed by atoms with Crippen LogP contribution in [0.2, 0.25) is 0 Å². The lowest BCUT2D eigenvalue weighted by Gasteiger charge is -2.40. The molecule has 1 aromatic heterocycles. The summed E-state index contributed by atoms with van der Waals surface area (Å²) in [5.74, 6) is 0.930. The van der Waals surface area contributed by atoms with Crippen molar-refractivity contribution in [2.45, 2.75) is 69.5 Å². The van der Waals surface area contributed by atoms with Gasteiger partial charge in [-0.2, -0.15) is 0 Å². The molecule has 2 aliphatic heterocycles. The van der Waals surface area contributed by atoms with E-state index in [2.05, 4.69) is 10.2 Å². The molecule has 6 heteroatoms. The number of rotatable bonds is 6. The molecule has 1 aromatic carbocycles. The van der Waals surface area contributed by atoms with Crippen molar-refractivity contribution in [3.8, 4) is 0 Å². The molecule has 0 radical (unpaired) electrons. The number of nitrogens with zero attached hydrogens (tertiary/aromatic N) is 1. The Morgan fingerprint density at radius 3 is 2.66 bits per heavy atom. The zero-order valence-electron chi connectivity index (χ0n) is 19.0. The highest BCUT2D eigenvalue weighted by Gasteiger charge is 2.35. The number of hydrogen-bond acceptors (Lipinski definition) is 5. The first kappa shape index (κ1) is 21.9. The Morgan fingerprint density at radius 2 is 1.91 bits per heavy atom. The number of likely N-dealkylation sites (tertiary alicyclic amines) is 1. The minimum Gasteiger partial charge on any atom is -0.451 e. The summed E-state index contributed by atoms with van der Waals surface area (Å²) < 4.78 is 11.3. The van der Waals surface area contributed by atoms with E-state index in [0.717, 1.165) is 62.2 Å². The van der Waals surface area contributed by atoms with Crippen LogP contribution in [0.5, 0.6) is 0 Å². The fraction of sp³-hybridized carbons (Fsp3) is 0.654. The summed E-state index contributed by atoms with van der Waals surface area (Å²) >= 11 is 0. The molecule has 1 atom stereocenters. The van der Waals surface area contributed by atoms with Crippen molar-refractivity contribution in [3.63, 3.8) is 0 Å². The predicted molar refractivity (Wildman–Crippen MR) is 124 cm³/mol. The first-order chi connectivity index (χ1) is 15.6. The summed E-state index contributed by atoms with van der Waals surface area (Å²) in [6.45, 7) is 4.34. The van der Waals surface area contributed by atoms with Gasteiger partial charge in [-0.3, -0.25) is 4.79 Å². The van der Waals surface area contributed by atoms with E-state index in [4.69, 9.17) is 9.15 Å². The van der Waals surface area contributed by atoms with Crippen molar-refractivity contribution in [1.82, 2.24) is 10.2 Å². The molecule has 0 bridgehead atoms. The molecule has 1 unspecified atom stereocenters. The van der Waals surface area contributed by atoms with Crippen molar-refractivity contribution in [2.24, 2.45) is 5.92 Å². The number of amides is 1. The van der Waals surface area contributed by atoms with Gasteiger partial charge in [0.15, 0.2) is 5.76 Å². The lowest BCUT2D eigenvalue weighted by Crippen LogP contribution is -2.44. The largest absolute Gasteiger partial charge is 0.451 e. The Morgan fingerprint density at radius 1 is 1.09 bits per heavy atom. The van der Waals surface area contributed by atoms with Gasteiger partial charge in [-0.25, -0.2) is 0 Å². The number of fused-ring (bicyclic) bond motifs is 1. The van der Waals surface area contributed by atoms with E-state index in [1.165, 1.54) is 38.6 Å². The zero-order valence-corrected chi connectivity index (χ0v) is 19.0. The van der Waals surface area contributed by atoms with Gasteiger partial charge in [0.25, 0.3) is 5.91 Å². The average molecular weight is 441 g/mol. The lowest BCUT2D eigenvalue weighted by molar-refractivity contribution is -0.0296. The topological polar surface area (TPSA) is 74.9 Å². The van der Waals surface area contributed by atoms with Crippen LogP contribution in [0.3, 0.4) is 0 Å². The molecule has 0 spiro atoms. The van der Waals surface area contributed by atoms with E-state index in [9.17, 15) is 9.90 Å². The molecule has 2 saturated heterocycles. The minimum absolute atomic E-state index is 0.105. The van der Waals surface area contributed by atoms with Crippen LogP contribution >= 0.6 is 0 Å². The highest BCUT2D eigenvalue weighted by Crippen LogP contribution is 2.36. The maximum absolute atomic E-state index is 12.5. The van der Waals surface area contributed by atoms with Crippen LogP contribution in [-0.4, -0.2) is 54.8 Å². The maximum atomic E-state index is 12.5. The van der Waals surface area contributed by atoms with Gasteiger partial charge in [-0.05, 0) is 68.2 Å². The molecule has 2 N–H and O–H groups in total. The Labute approximate surface area is 190 Å². The molecule has 1 saturated carbocycles. The van der Waals surface area contributed by atoms with Gasteiger partial charge in [0.2, 0.25) is 0 Å². The number of carbonyl (C=O) groups excluding carboxylic acids is 1. The molecule has 6 nitrogen and oxygen atoms in total. The fourth-order valence-corrected chi connectivity index (χ4v) is 5.67. The van der Waals surface area contributed by atoms with Crippen LogP contribution < -0.4 is 5.32 Å². The predicted octanol–water partition coefficient (Wildman–Crippen LogP) is 4.21. The first-order valence-electron chi connectivity index (χ1n) is 12.5. The normalized spacial score (nSPS) is 24.7. The summed E-state index contributed by atoms with van der Waals surface area (Å²) in [7, 11) is 0. The summed E-state index contributed by atoms with van der Waals surface area (Å²) in [6.07, 6.45) is 10.5. The van der Waals surface area contributed by atoms with Gasteiger partial charge in [-0.1, -0.05) is 25.3 Å². The standard InChI is InChI=1S/C26H36N2O4/c29-25(27-17-22-7-4-14-31-22)24-16-20-15-21(8-9-23(20)32-24)26(30)10-12-28(13-11-26)18-19-5-2-1-3-6-19/h8-9,15-16,19,22,30H,1-7,10-14,17-18H2,(H,27,29). The highest BCUT2D eigenvalue weighted by molar-refractivity contribution is 5.96. The molecular formula is C26H36N2O4. The molecule has 174 valence electrons. The van der Waals surface area contributed by atoms with Crippen LogP contribution in [0.1, 0.15) is 73.9 Å². The molecule has 2 aromatic rings. The van der Waals surface area contributed by atoms with E-state index in [-0.39, 0.29) is 12.0 Å². The van der Waals surface area contributed by atoms with Crippen molar-refractivity contribution >= 4 is 16.9 Å². The number of furan rings is 1. The van der Waals surface area contributed by atoms with Gasteiger partial charge in [0, 0.05) is 38.2 Å². The third-order valence-electron chi connectivity index (χ3n) is 7.72. The quantitative estimate of drug-likeness (QED) is 0.704. The van der Waals surface area contributed by atoms with Crippen molar-refractivity contribution in [3.05, 3.63) is 35.6 Å². The summed E-state index contributed by atoms with van der Waals surface area (Å²) in [6, 6.07) is 7.61. The second-order valence-corrected chi connectivity index (χ2v) is 10.0. The van der Waals surface area contributed by atoms with Crippen molar-refractivity contribution in [2.75, 3.05) is 32.8 Å². The number of hydrogen-bond donors (Lipinski definition) is 2. The monoisotopic (exact) mass is 440 g/mol. The van der Waals surface area contributed by atoms with Gasteiger partial charge in [-0.15, -0.1) is 0 Å². The number of benzene rings is 1. The molecule has 3 fully saturated rings. The number of aliphatic hydroxyl groups is 1. The SMILES string of the molecule is O=C(NCC1CCCO1)c1cc2cc(C3(O)CCN(CC4CCCCC4)CC3)ccc2o1. The molecule has 3 aliphatic rings. The van der Waals surface area contributed by atoms with E-state index >= 15 is 0 Å². The summed E-state index contributed by atoms with van der Waals surface area (Å²) in [5, 5.41) is 15.2. The molecule has 5 rings (SSSR count). The Balaban J connectivity index is 1.21. The minimum atomic E-state index is -0.809. The van der Waals surface area contributed by atoms with Crippen LogP contribution in [0.15, 0.2) is 28.7 Å². The van der Waals surface area contributed by atoms with E-state index < -0.39 is 5.60 Å². The van der Waals surface area contributed by atoms with E-state index in [1.54, 1.807) is 6.07 Å². The van der Waals surface area contributed by atoms with Crippen molar-refractivity contribution in [1.29, 1.82) is 0 Å². The highest BCUT2D eigenvalue weighted by atomic mass is 16.5. The first-order valence-corrected chi connectivity index (χ1v) is 12.5. The second-order valence-electron chi connectivity index (χ2n) is 10.0. The molecule has 32 heavy (non-hydrogen) atoms. The smallest absolute Gasteiger partial charge is 0.287 e. The number of carbonyl (C=O) groups is 1. The van der Waals surface area contributed by atoms with Gasteiger partial charge >= 0.3 is 0 Å². The Bertz CT molecular complexity index is 919. The fourth-order valence-electron chi connectivity index (χ4n) is 5.67. The Kier molecular flexibility index (Phi) is 6.54. The van der Waals surface area contributed by atoms with Crippen molar-refractivity contribution < 1.29 is 19.1 Å². The van der Waals surface area contributed by atoms with Gasteiger partial charge < -0.3 is 24.5 Å². The number of nitrogens with one attached hydrogen (secondary N) is 1. The molecule has 1 amide bonds. The van der Waals surface area contributed by atoms with E-state index in [0.29, 0.717) is 17.9 Å². The average Bonchev–Trinajstić information content (AvgIpc) is 3.49. The Hall–Kier alpha value is -1.89. The molecule has 3 heterocycles. The molecule has 1 aliphatic carbocycles. The summed E-state index contributed by atoms with van der Waals surface area (Å²) in [5.41, 5.74) is 0.792. The number of piperidine rings is 1. The molecular weight excluding hydrogens is 404 g/mol. The zero-order chi connectivity index (χ0) is 22.0. The van der Waals surface area contributed by atoms with Gasteiger partial charge in [0.05, 0.1) is 11.7 Å². The third kappa shape index (κ3) is 4.87. The maximum Gasteiger partial charge on any atom is 0.287 e. The van der Waals surface area contributed by atoms with Crippen LogP contribution in [0.4, 0.5) is 0 Å². The van der Waals surface area contributed by atoms with Gasteiger partial charge in [0.1, 0.15) is 5.58 Å².